The summed E-state index contributed by atoms with van der Waals surface area (Å²) in [7, 11) is 0. The molecule has 2 heteroatoms. The van der Waals surface area contributed by atoms with Crippen molar-refractivity contribution in [2.75, 3.05) is 0 Å². The topological polar surface area (TPSA) is 37.3 Å². The molecule has 2 rings (SSSR count). The molecule has 1 aliphatic rings. The molecule has 1 aliphatic carbocycles. The number of aldehydes is 1. The summed E-state index contributed by atoms with van der Waals surface area (Å²) in [5.74, 6) is 0.888. The smallest absolute Gasteiger partial charge is 0.123 e. The van der Waals surface area contributed by atoms with Gasteiger partial charge in [-0.1, -0.05) is 25.0 Å². The average Bonchev–Trinajstić information content (AvgIpc) is 2.35. The van der Waals surface area contributed by atoms with E-state index in [2.05, 4.69) is 0 Å². The fourth-order valence-corrected chi connectivity index (χ4v) is 2.94. The van der Waals surface area contributed by atoms with E-state index in [-0.39, 0.29) is 5.92 Å². The zero-order chi connectivity index (χ0) is 12.4. The van der Waals surface area contributed by atoms with Crippen LogP contribution in [0, 0.1) is 19.8 Å². The largest absolute Gasteiger partial charge is 0.507 e. The van der Waals surface area contributed by atoms with Crippen LogP contribution in [-0.4, -0.2) is 11.4 Å². The molecule has 1 N–H and O–H groups in total. The summed E-state index contributed by atoms with van der Waals surface area (Å²) in [6, 6.07) is 4.07. The van der Waals surface area contributed by atoms with Crippen LogP contribution in [0.4, 0.5) is 0 Å². The number of carbonyl (C=O) groups excluding carboxylic acids is 1. The SMILES string of the molecule is Cc1cc([C@@H]2CCCC[C@H]2C=O)cc(C)c1O. The lowest BCUT2D eigenvalue weighted by Crippen LogP contribution is -2.19. The first-order valence-corrected chi connectivity index (χ1v) is 6.39. The summed E-state index contributed by atoms with van der Waals surface area (Å²) in [5, 5.41) is 9.78. The third-order valence-electron chi connectivity index (χ3n) is 3.94. The summed E-state index contributed by atoms with van der Waals surface area (Å²) in [5.41, 5.74) is 3.04. The van der Waals surface area contributed by atoms with Gasteiger partial charge in [0.25, 0.3) is 0 Å². The van der Waals surface area contributed by atoms with E-state index >= 15 is 0 Å². The number of hydrogen-bond donors (Lipinski definition) is 1. The van der Waals surface area contributed by atoms with Gasteiger partial charge in [-0.25, -0.2) is 0 Å². The lowest BCUT2D eigenvalue weighted by Gasteiger charge is -2.28. The van der Waals surface area contributed by atoms with Crippen molar-refractivity contribution in [3.8, 4) is 5.75 Å². The van der Waals surface area contributed by atoms with Gasteiger partial charge in [0.1, 0.15) is 12.0 Å². The molecule has 0 spiro atoms. The van der Waals surface area contributed by atoms with Gasteiger partial charge in [-0.15, -0.1) is 0 Å². The summed E-state index contributed by atoms with van der Waals surface area (Å²) in [6.07, 6.45) is 5.57. The molecular formula is C15H20O2. The molecule has 2 nitrogen and oxygen atoms in total. The molecule has 92 valence electrons. The normalized spacial score (nSPS) is 24.6. The Balaban J connectivity index is 2.35. The Morgan fingerprint density at radius 3 is 2.35 bits per heavy atom. The van der Waals surface area contributed by atoms with Crippen molar-refractivity contribution in [2.45, 2.75) is 45.4 Å². The standard InChI is InChI=1S/C15H20O2/c1-10-7-13(8-11(2)15(10)17)14-6-4-3-5-12(14)9-16/h7-9,12,14,17H,3-6H2,1-2H3/t12-,14+/m0/s1. The van der Waals surface area contributed by atoms with Gasteiger partial charge in [0.2, 0.25) is 0 Å². The Kier molecular flexibility index (Phi) is 3.51. The maximum atomic E-state index is 11.1. The molecule has 1 aromatic rings. The van der Waals surface area contributed by atoms with E-state index in [0.29, 0.717) is 11.7 Å². The fraction of sp³-hybridized carbons (Fsp3) is 0.533. The van der Waals surface area contributed by atoms with Gasteiger partial charge >= 0.3 is 0 Å². The predicted octanol–water partition coefficient (Wildman–Crippen LogP) is 3.48. The number of phenolic OH excluding ortho intramolecular Hbond substituents is 1. The number of phenols is 1. The average molecular weight is 232 g/mol. The Labute approximate surface area is 103 Å². The van der Waals surface area contributed by atoms with E-state index in [9.17, 15) is 9.90 Å². The van der Waals surface area contributed by atoms with Crippen molar-refractivity contribution in [1.82, 2.24) is 0 Å². The van der Waals surface area contributed by atoms with E-state index < -0.39 is 0 Å². The highest BCUT2D eigenvalue weighted by Crippen LogP contribution is 2.38. The first-order valence-electron chi connectivity index (χ1n) is 6.39. The Morgan fingerprint density at radius 1 is 1.18 bits per heavy atom. The highest BCUT2D eigenvalue weighted by molar-refractivity contribution is 5.57. The number of aryl methyl sites for hydroxylation is 2. The zero-order valence-corrected chi connectivity index (χ0v) is 10.6. The summed E-state index contributed by atoms with van der Waals surface area (Å²) in [4.78, 5) is 11.1. The number of hydrogen-bond acceptors (Lipinski definition) is 2. The Bertz CT molecular complexity index is 400. The summed E-state index contributed by atoms with van der Waals surface area (Å²) >= 11 is 0. The molecule has 0 unspecified atom stereocenters. The van der Waals surface area contributed by atoms with E-state index in [0.717, 1.165) is 36.7 Å². The number of carbonyl (C=O) groups is 1. The minimum atomic E-state index is 0.159. The molecule has 0 aliphatic heterocycles. The van der Waals surface area contributed by atoms with Gasteiger partial charge in [-0.05, 0) is 49.3 Å². The molecule has 1 fully saturated rings. The van der Waals surface area contributed by atoms with Crippen LogP contribution in [-0.2, 0) is 4.79 Å². The lowest BCUT2D eigenvalue weighted by atomic mass is 9.75. The number of rotatable bonds is 2. The van der Waals surface area contributed by atoms with Gasteiger partial charge in [0, 0.05) is 5.92 Å². The van der Waals surface area contributed by atoms with Crippen LogP contribution in [0.25, 0.3) is 0 Å². The van der Waals surface area contributed by atoms with E-state index in [4.69, 9.17) is 0 Å². The third kappa shape index (κ3) is 2.36. The summed E-state index contributed by atoms with van der Waals surface area (Å²) < 4.78 is 0. The maximum Gasteiger partial charge on any atom is 0.123 e. The van der Waals surface area contributed by atoms with Crippen LogP contribution < -0.4 is 0 Å². The fourth-order valence-electron chi connectivity index (χ4n) is 2.94. The van der Waals surface area contributed by atoms with Gasteiger partial charge in [-0.3, -0.25) is 0 Å². The van der Waals surface area contributed by atoms with Crippen molar-refractivity contribution in [1.29, 1.82) is 0 Å². The van der Waals surface area contributed by atoms with Crippen molar-refractivity contribution < 1.29 is 9.90 Å². The van der Waals surface area contributed by atoms with Crippen molar-refractivity contribution in [3.63, 3.8) is 0 Å². The van der Waals surface area contributed by atoms with Crippen LogP contribution in [0.1, 0.15) is 48.3 Å². The van der Waals surface area contributed by atoms with Crippen LogP contribution in [0.15, 0.2) is 12.1 Å². The second-order valence-corrected chi connectivity index (χ2v) is 5.19. The second kappa shape index (κ2) is 4.91. The quantitative estimate of drug-likeness (QED) is 0.793. The zero-order valence-electron chi connectivity index (χ0n) is 10.6. The van der Waals surface area contributed by atoms with Gasteiger partial charge in [0.05, 0.1) is 0 Å². The predicted molar refractivity (Wildman–Crippen MR) is 68.3 cm³/mol. The van der Waals surface area contributed by atoms with Gasteiger partial charge in [-0.2, -0.15) is 0 Å². The minimum absolute atomic E-state index is 0.159. The molecule has 0 bridgehead atoms. The van der Waals surface area contributed by atoms with E-state index in [1.165, 1.54) is 12.0 Å². The molecular weight excluding hydrogens is 212 g/mol. The molecule has 0 heterocycles. The Morgan fingerprint density at radius 2 is 1.76 bits per heavy atom. The molecule has 2 atom stereocenters. The highest BCUT2D eigenvalue weighted by atomic mass is 16.3. The minimum Gasteiger partial charge on any atom is -0.507 e. The summed E-state index contributed by atoms with van der Waals surface area (Å²) in [6.45, 7) is 3.84. The molecule has 17 heavy (non-hydrogen) atoms. The number of aromatic hydroxyl groups is 1. The van der Waals surface area contributed by atoms with Gasteiger partial charge in [0.15, 0.2) is 0 Å². The third-order valence-corrected chi connectivity index (χ3v) is 3.94. The molecule has 0 aromatic heterocycles. The van der Waals surface area contributed by atoms with Crippen molar-refractivity contribution in [2.24, 2.45) is 5.92 Å². The lowest BCUT2D eigenvalue weighted by molar-refractivity contribution is -0.112. The van der Waals surface area contributed by atoms with Crippen LogP contribution in [0.5, 0.6) is 5.75 Å². The van der Waals surface area contributed by atoms with Crippen LogP contribution >= 0.6 is 0 Å². The number of benzene rings is 1. The van der Waals surface area contributed by atoms with Gasteiger partial charge < -0.3 is 9.90 Å². The highest BCUT2D eigenvalue weighted by Gasteiger charge is 2.26. The monoisotopic (exact) mass is 232 g/mol. The maximum absolute atomic E-state index is 11.1. The van der Waals surface area contributed by atoms with E-state index in [1.54, 1.807) is 0 Å². The molecule has 0 radical (unpaired) electrons. The van der Waals surface area contributed by atoms with E-state index in [1.807, 2.05) is 26.0 Å². The van der Waals surface area contributed by atoms with Crippen molar-refractivity contribution in [3.05, 3.63) is 28.8 Å². The van der Waals surface area contributed by atoms with Crippen LogP contribution in [0.2, 0.25) is 0 Å². The molecule has 0 saturated heterocycles. The molecule has 0 amide bonds. The van der Waals surface area contributed by atoms with Crippen molar-refractivity contribution >= 4 is 6.29 Å². The molecule has 1 aromatic carbocycles. The first kappa shape index (κ1) is 12.2. The first-order chi connectivity index (χ1) is 8.13. The van der Waals surface area contributed by atoms with Crippen LogP contribution in [0.3, 0.4) is 0 Å². The molecule has 1 saturated carbocycles. The Hall–Kier alpha value is -1.31. The second-order valence-electron chi connectivity index (χ2n) is 5.19.